The summed E-state index contributed by atoms with van der Waals surface area (Å²) in [5, 5.41) is 4.02. The van der Waals surface area contributed by atoms with Crippen LogP contribution in [0.2, 0.25) is 0 Å². The minimum Gasteiger partial charge on any atom is -0.361 e. The van der Waals surface area contributed by atoms with Crippen LogP contribution in [0, 0.1) is 23.2 Å². The summed E-state index contributed by atoms with van der Waals surface area (Å²) in [6.45, 7) is 6.31. The van der Waals surface area contributed by atoms with Crippen molar-refractivity contribution in [2.45, 2.75) is 51.9 Å². The maximum Gasteiger partial charge on any atom is 0.156 e. The van der Waals surface area contributed by atoms with E-state index in [-0.39, 0.29) is 28.4 Å². The molecule has 3 aliphatic carbocycles. The Balaban J connectivity index is 1.85. The van der Waals surface area contributed by atoms with Gasteiger partial charge in [0.05, 0.1) is 12.9 Å². The second-order valence-electron chi connectivity index (χ2n) is 8.42. The highest BCUT2D eigenvalue weighted by Crippen LogP contribution is 2.61. The predicted octanol–water partition coefficient (Wildman–Crippen LogP) is 4.03. The van der Waals surface area contributed by atoms with E-state index in [4.69, 9.17) is 4.52 Å². The number of nitrogens with zero attached hydrogens (tertiary/aromatic N) is 1. The van der Waals surface area contributed by atoms with E-state index >= 15 is 0 Å². The molecule has 0 aromatic carbocycles. The second-order valence-corrected chi connectivity index (χ2v) is 8.42. The molecular formula is C19H24FNO2. The zero-order chi connectivity index (χ0) is 16.4. The Morgan fingerprint density at radius 2 is 2.13 bits per heavy atom. The first-order valence-corrected chi connectivity index (χ1v) is 8.63. The van der Waals surface area contributed by atoms with Crippen molar-refractivity contribution < 1.29 is 13.7 Å². The minimum atomic E-state index is -0.392. The quantitative estimate of drug-likeness (QED) is 0.785. The molecule has 0 radical (unpaired) electrons. The van der Waals surface area contributed by atoms with Gasteiger partial charge in [-0.2, -0.15) is 0 Å². The molecule has 0 amide bonds. The Labute approximate surface area is 136 Å². The number of rotatable bonds is 1. The molecule has 1 aromatic heterocycles. The largest absolute Gasteiger partial charge is 0.361 e. The van der Waals surface area contributed by atoms with E-state index in [0.717, 1.165) is 30.6 Å². The van der Waals surface area contributed by atoms with Crippen LogP contribution in [0.1, 0.15) is 51.4 Å². The van der Waals surface area contributed by atoms with Gasteiger partial charge in [-0.15, -0.1) is 0 Å². The Bertz CT molecular complexity index is 689. The van der Waals surface area contributed by atoms with Crippen molar-refractivity contribution >= 4 is 5.78 Å². The van der Waals surface area contributed by atoms with Gasteiger partial charge in [-0.05, 0) is 42.6 Å². The lowest BCUT2D eigenvalue weighted by molar-refractivity contribution is -0.117. The molecule has 4 atom stereocenters. The normalized spacial score (nSPS) is 38.3. The number of ketones is 1. The van der Waals surface area contributed by atoms with Gasteiger partial charge in [0.15, 0.2) is 5.78 Å². The smallest absolute Gasteiger partial charge is 0.156 e. The second kappa shape index (κ2) is 4.78. The molecule has 0 saturated heterocycles. The number of alkyl halides is 1. The maximum absolute atomic E-state index is 13.5. The van der Waals surface area contributed by atoms with Gasteiger partial charge >= 0.3 is 0 Å². The molecule has 0 bridgehead atoms. The summed E-state index contributed by atoms with van der Waals surface area (Å²) in [6.07, 6.45) is 6.90. The van der Waals surface area contributed by atoms with Crippen LogP contribution in [0.15, 0.2) is 22.4 Å². The molecule has 4 heteroatoms. The highest BCUT2D eigenvalue weighted by molar-refractivity contribution is 5.92. The number of carbonyl (C=O) groups excluding carboxylic acids is 1. The number of carbonyl (C=O) groups is 1. The van der Waals surface area contributed by atoms with E-state index in [2.05, 4.69) is 25.9 Å². The SMILES string of the molecule is CC1(C)c2oncc2C[C@]2(C)C3=CC(=O)C[C@@H](CF)C3CC[C@@H]12. The van der Waals surface area contributed by atoms with Gasteiger partial charge in [-0.25, -0.2) is 0 Å². The van der Waals surface area contributed by atoms with Gasteiger partial charge in [-0.3, -0.25) is 9.18 Å². The van der Waals surface area contributed by atoms with Crippen molar-refractivity contribution in [2.24, 2.45) is 23.2 Å². The summed E-state index contributed by atoms with van der Waals surface area (Å²) >= 11 is 0. The monoisotopic (exact) mass is 317 g/mol. The molecule has 3 aliphatic rings. The summed E-state index contributed by atoms with van der Waals surface area (Å²) in [5.74, 6) is 1.56. The highest BCUT2D eigenvalue weighted by Gasteiger charge is 2.57. The number of fused-ring (bicyclic) bond motifs is 4. The van der Waals surface area contributed by atoms with Crippen LogP contribution in [0.25, 0.3) is 0 Å². The Hall–Kier alpha value is -1.45. The molecule has 124 valence electrons. The van der Waals surface area contributed by atoms with Gasteiger partial charge < -0.3 is 4.52 Å². The van der Waals surface area contributed by atoms with Gasteiger partial charge in [0, 0.05) is 23.3 Å². The predicted molar refractivity (Wildman–Crippen MR) is 84.7 cm³/mol. The summed E-state index contributed by atoms with van der Waals surface area (Å²) in [7, 11) is 0. The first-order valence-electron chi connectivity index (χ1n) is 8.63. The molecule has 0 N–H and O–H groups in total. The topological polar surface area (TPSA) is 43.1 Å². The van der Waals surface area contributed by atoms with Crippen molar-refractivity contribution in [3.05, 3.63) is 29.2 Å². The lowest BCUT2D eigenvalue weighted by Gasteiger charge is -2.57. The number of aromatic nitrogens is 1. The third-order valence-electron chi connectivity index (χ3n) is 6.80. The van der Waals surface area contributed by atoms with E-state index in [0.29, 0.717) is 12.3 Å². The van der Waals surface area contributed by atoms with Crippen LogP contribution in [0.4, 0.5) is 4.39 Å². The summed E-state index contributed by atoms with van der Waals surface area (Å²) in [4.78, 5) is 12.2. The fourth-order valence-electron chi connectivity index (χ4n) is 5.86. The van der Waals surface area contributed by atoms with E-state index in [1.54, 1.807) is 0 Å². The van der Waals surface area contributed by atoms with Crippen molar-refractivity contribution in [1.82, 2.24) is 5.16 Å². The maximum atomic E-state index is 13.5. The number of halogens is 1. The average Bonchev–Trinajstić information content (AvgIpc) is 2.95. The molecule has 0 aliphatic heterocycles. The molecule has 3 nitrogen and oxygen atoms in total. The van der Waals surface area contributed by atoms with Crippen molar-refractivity contribution in [3.8, 4) is 0 Å². The third-order valence-corrected chi connectivity index (χ3v) is 6.80. The summed E-state index contributed by atoms with van der Waals surface area (Å²) in [6, 6.07) is 0. The van der Waals surface area contributed by atoms with Gasteiger partial charge in [0.25, 0.3) is 0 Å². The van der Waals surface area contributed by atoms with Gasteiger partial charge in [-0.1, -0.05) is 31.5 Å². The number of hydrogen-bond donors (Lipinski definition) is 0. The fraction of sp³-hybridized carbons (Fsp3) is 0.684. The van der Waals surface area contributed by atoms with Crippen LogP contribution < -0.4 is 0 Å². The van der Waals surface area contributed by atoms with Gasteiger partial charge in [0.2, 0.25) is 0 Å². The van der Waals surface area contributed by atoms with Crippen LogP contribution in [0.3, 0.4) is 0 Å². The fourth-order valence-corrected chi connectivity index (χ4v) is 5.86. The molecule has 1 unspecified atom stereocenters. The molecule has 1 heterocycles. The number of allylic oxidation sites excluding steroid dienone is 2. The lowest BCUT2D eigenvalue weighted by atomic mass is 9.46. The van der Waals surface area contributed by atoms with Crippen LogP contribution >= 0.6 is 0 Å². The van der Waals surface area contributed by atoms with Crippen LogP contribution in [0.5, 0.6) is 0 Å². The Kier molecular flexibility index (Phi) is 3.14. The van der Waals surface area contributed by atoms with E-state index in [9.17, 15) is 9.18 Å². The minimum absolute atomic E-state index is 0.0923. The van der Waals surface area contributed by atoms with Crippen molar-refractivity contribution in [2.75, 3.05) is 6.67 Å². The Morgan fingerprint density at radius 3 is 2.87 bits per heavy atom. The number of hydrogen-bond acceptors (Lipinski definition) is 3. The molecule has 1 fully saturated rings. The van der Waals surface area contributed by atoms with E-state index in [1.807, 2.05) is 12.3 Å². The zero-order valence-corrected chi connectivity index (χ0v) is 14.1. The van der Waals surface area contributed by atoms with E-state index < -0.39 is 6.67 Å². The summed E-state index contributed by atoms with van der Waals surface area (Å²) < 4.78 is 19.1. The summed E-state index contributed by atoms with van der Waals surface area (Å²) in [5.41, 5.74) is 2.11. The molecule has 0 spiro atoms. The molecular weight excluding hydrogens is 293 g/mol. The average molecular weight is 317 g/mol. The highest BCUT2D eigenvalue weighted by atomic mass is 19.1. The first-order chi connectivity index (χ1) is 10.9. The van der Waals surface area contributed by atoms with E-state index in [1.165, 1.54) is 5.57 Å². The first kappa shape index (κ1) is 15.1. The van der Waals surface area contributed by atoms with Crippen molar-refractivity contribution in [1.29, 1.82) is 0 Å². The standard InChI is InChI=1S/C19H24FNO2/c1-18(2)16-5-4-14-11(9-20)6-13(22)7-15(14)19(16,3)8-12-10-21-23-17(12)18/h7,10-11,14,16H,4-6,8-9H2,1-3H3/t11-,14?,16-,19+/m0/s1. The molecule has 1 aromatic rings. The zero-order valence-electron chi connectivity index (χ0n) is 14.1. The van der Waals surface area contributed by atoms with Crippen LogP contribution in [-0.2, 0) is 16.6 Å². The van der Waals surface area contributed by atoms with Crippen LogP contribution in [-0.4, -0.2) is 17.6 Å². The lowest BCUT2D eigenvalue weighted by Crippen LogP contribution is -2.52. The molecule has 1 saturated carbocycles. The van der Waals surface area contributed by atoms with Crippen molar-refractivity contribution in [3.63, 3.8) is 0 Å². The molecule has 23 heavy (non-hydrogen) atoms. The molecule has 4 rings (SSSR count). The Morgan fingerprint density at radius 1 is 1.35 bits per heavy atom. The third kappa shape index (κ3) is 1.93. The van der Waals surface area contributed by atoms with Gasteiger partial charge in [0.1, 0.15) is 5.76 Å².